The Labute approximate surface area is 88.1 Å². The predicted octanol–water partition coefficient (Wildman–Crippen LogP) is -0.371. The first-order valence-corrected chi connectivity index (χ1v) is 5.14. The standard InChI is InChI=1S/C9H15N5O/c1-10-5-7-3-2-4-14(7)9(15)8-11-6-12-13-8/h6-7,10H,2-5H2,1H3,(H,11,12,13). The van der Waals surface area contributed by atoms with Gasteiger partial charge in [0.2, 0.25) is 5.82 Å². The summed E-state index contributed by atoms with van der Waals surface area (Å²) in [7, 11) is 1.90. The quantitative estimate of drug-likeness (QED) is 0.712. The second kappa shape index (κ2) is 4.39. The molecule has 0 bridgehead atoms. The smallest absolute Gasteiger partial charge is 0.291 e. The van der Waals surface area contributed by atoms with Gasteiger partial charge in [-0.2, -0.15) is 5.10 Å². The Kier molecular flexibility index (Phi) is 2.96. The fourth-order valence-corrected chi connectivity index (χ4v) is 2.00. The molecule has 6 nitrogen and oxygen atoms in total. The van der Waals surface area contributed by atoms with Crippen LogP contribution in [0.25, 0.3) is 0 Å². The second-order valence-corrected chi connectivity index (χ2v) is 3.69. The van der Waals surface area contributed by atoms with Crippen molar-refractivity contribution in [2.24, 2.45) is 0 Å². The van der Waals surface area contributed by atoms with Gasteiger partial charge in [-0.05, 0) is 19.9 Å². The number of aromatic amines is 1. The predicted molar refractivity (Wildman–Crippen MR) is 54.4 cm³/mol. The summed E-state index contributed by atoms with van der Waals surface area (Å²) in [5.41, 5.74) is 0. The molecule has 2 N–H and O–H groups in total. The molecule has 1 aliphatic heterocycles. The van der Waals surface area contributed by atoms with E-state index in [1.165, 1.54) is 6.33 Å². The number of hydrogen-bond acceptors (Lipinski definition) is 4. The molecule has 1 saturated heterocycles. The molecular weight excluding hydrogens is 194 g/mol. The zero-order valence-electron chi connectivity index (χ0n) is 8.73. The lowest BCUT2D eigenvalue weighted by Gasteiger charge is -2.23. The van der Waals surface area contributed by atoms with Crippen molar-refractivity contribution < 1.29 is 4.79 Å². The third-order valence-electron chi connectivity index (χ3n) is 2.70. The number of hydrogen-bond donors (Lipinski definition) is 2. The minimum atomic E-state index is -0.0507. The van der Waals surface area contributed by atoms with E-state index in [1.54, 1.807) is 0 Å². The number of nitrogens with zero attached hydrogens (tertiary/aromatic N) is 3. The summed E-state index contributed by atoms with van der Waals surface area (Å²) < 4.78 is 0. The van der Waals surface area contributed by atoms with Gasteiger partial charge in [-0.25, -0.2) is 4.98 Å². The first-order chi connectivity index (χ1) is 7.33. The van der Waals surface area contributed by atoms with E-state index in [-0.39, 0.29) is 11.9 Å². The number of carbonyl (C=O) groups is 1. The molecule has 0 radical (unpaired) electrons. The van der Waals surface area contributed by atoms with Gasteiger partial charge in [0.1, 0.15) is 6.33 Å². The molecule has 1 aromatic rings. The maximum absolute atomic E-state index is 12.0. The molecule has 1 fully saturated rings. The van der Waals surface area contributed by atoms with Crippen LogP contribution >= 0.6 is 0 Å². The molecule has 1 atom stereocenters. The maximum atomic E-state index is 12.0. The van der Waals surface area contributed by atoms with Crippen molar-refractivity contribution in [1.29, 1.82) is 0 Å². The highest BCUT2D eigenvalue weighted by Gasteiger charge is 2.29. The summed E-state index contributed by atoms with van der Waals surface area (Å²) >= 11 is 0. The summed E-state index contributed by atoms with van der Waals surface area (Å²) in [4.78, 5) is 17.7. The van der Waals surface area contributed by atoms with E-state index in [0.29, 0.717) is 5.82 Å². The number of carbonyl (C=O) groups excluding carboxylic acids is 1. The van der Waals surface area contributed by atoms with Crippen molar-refractivity contribution in [2.45, 2.75) is 18.9 Å². The van der Waals surface area contributed by atoms with Crippen molar-refractivity contribution >= 4 is 5.91 Å². The third-order valence-corrected chi connectivity index (χ3v) is 2.70. The third kappa shape index (κ3) is 1.99. The lowest BCUT2D eigenvalue weighted by Crippen LogP contribution is -2.41. The zero-order valence-corrected chi connectivity index (χ0v) is 8.73. The van der Waals surface area contributed by atoms with Crippen LogP contribution in [0.5, 0.6) is 0 Å². The normalized spacial score (nSPS) is 20.9. The molecule has 1 aliphatic rings. The van der Waals surface area contributed by atoms with Gasteiger partial charge in [-0.3, -0.25) is 9.89 Å². The van der Waals surface area contributed by atoms with Gasteiger partial charge in [0.25, 0.3) is 5.91 Å². The van der Waals surface area contributed by atoms with Crippen LogP contribution in [0.2, 0.25) is 0 Å². The average Bonchev–Trinajstić information content (AvgIpc) is 2.87. The van der Waals surface area contributed by atoms with E-state index in [1.807, 2.05) is 11.9 Å². The van der Waals surface area contributed by atoms with E-state index >= 15 is 0 Å². The summed E-state index contributed by atoms with van der Waals surface area (Å²) in [5, 5.41) is 9.39. The molecule has 1 unspecified atom stereocenters. The number of H-pyrrole nitrogens is 1. The average molecular weight is 209 g/mol. The van der Waals surface area contributed by atoms with E-state index < -0.39 is 0 Å². The van der Waals surface area contributed by atoms with Crippen LogP contribution in [0.1, 0.15) is 23.5 Å². The van der Waals surface area contributed by atoms with Gasteiger partial charge in [-0.15, -0.1) is 0 Å². The topological polar surface area (TPSA) is 73.9 Å². The maximum Gasteiger partial charge on any atom is 0.291 e. The zero-order chi connectivity index (χ0) is 10.7. The highest BCUT2D eigenvalue weighted by Crippen LogP contribution is 2.18. The molecule has 1 aromatic heterocycles. The van der Waals surface area contributed by atoms with Crippen LogP contribution in [0.3, 0.4) is 0 Å². The van der Waals surface area contributed by atoms with Crippen molar-refractivity contribution in [3.05, 3.63) is 12.2 Å². The van der Waals surface area contributed by atoms with E-state index in [9.17, 15) is 4.79 Å². The summed E-state index contributed by atoms with van der Waals surface area (Å²) in [6.45, 7) is 1.64. The SMILES string of the molecule is CNCC1CCCN1C(=O)c1ncn[nH]1. The molecular formula is C9H15N5O. The van der Waals surface area contributed by atoms with E-state index in [4.69, 9.17) is 0 Å². The Hall–Kier alpha value is -1.43. The molecule has 0 spiro atoms. The number of amides is 1. The van der Waals surface area contributed by atoms with Gasteiger partial charge in [-0.1, -0.05) is 0 Å². The number of rotatable bonds is 3. The van der Waals surface area contributed by atoms with Gasteiger partial charge >= 0.3 is 0 Å². The molecule has 0 aromatic carbocycles. The Balaban J connectivity index is 2.06. The molecule has 0 saturated carbocycles. The van der Waals surface area contributed by atoms with E-state index in [2.05, 4.69) is 20.5 Å². The number of nitrogens with one attached hydrogen (secondary N) is 2. The highest BCUT2D eigenvalue weighted by atomic mass is 16.2. The molecule has 6 heteroatoms. The van der Waals surface area contributed by atoms with Crippen molar-refractivity contribution in [2.75, 3.05) is 20.1 Å². The minimum Gasteiger partial charge on any atom is -0.332 e. The van der Waals surface area contributed by atoms with Crippen molar-refractivity contribution in [3.63, 3.8) is 0 Å². The molecule has 82 valence electrons. The summed E-state index contributed by atoms with van der Waals surface area (Å²) in [6.07, 6.45) is 3.48. The Morgan fingerprint density at radius 1 is 1.80 bits per heavy atom. The minimum absolute atomic E-state index is 0.0507. The monoisotopic (exact) mass is 209 g/mol. The molecule has 1 amide bonds. The molecule has 0 aliphatic carbocycles. The lowest BCUT2D eigenvalue weighted by atomic mass is 10.2. The van der Waals surface area contributed by atoms with E-state index in [0.717, 1.165) is 25.9 Å². The molecule has 2 rings (SSSR count). The van der Waals surface area contributed by atoms with Gasteiger partial charge in [0.15, 0.2) is 0 Å². The second-order valence-electron chi connectivity index (χ2n) is 3.69. The van der Waals surface area contributed by atoms with Crippen LogP contribution in [-0.4, -0.2) is 52.2 Å². The van der Waals surface area contributed by atoms with Crippen molar-refractivity contribution in [3.8, 4) is 0 Å². The highest BCUT2D eigenvalue weighted by molar-refractivity contribution is 5.90. The summed E-state index contributed by atoms with van der Waals surface area (Å²) in [5.74, 6) is 0.281. The Morgan fingerprint density at radius 3 is 3.33 bits per heavy atom. The van der Waals surface area contributed by atoms with Gasteiger partial charge in [0.05, 0.1) is 0 Å². The number of likely N-dealkylation sites (tertiary alicyclic amines) is 1. The Bertz CT molecular complexity index is 323. The van der Waals surface area contributed by atoms with Gasteiger partial charge in [0, 0.05) is 19.1 Å². The van der Waals surface area contributed by atoms with Crippen LogP contribution in [0.15, 0.2) is 6.33 Å². The molecule has 2 heterocycles. The fourth-order valence-electron chi connectivity index (χ4n) is 2.00. The Morgan fingerprint density at radius 2 is 2.67 bits per heavy atom. The van der Waals surface area contributed by atoms with Crippen LogP contribution in [-0.2, 0) is 0 Å². The first-order valence-electron chi connectivity index (χ1n) is 5.14. The summed E-state index contributed by atoms with van der Waals surface area (Å²) in [6, 6.07) is 0.285. The number of likely N-dealkylation sites (N-methyl/N-ethyl adjacent to an activating group) is 1. The van der Waals surface area contributed by atoms with Crippen molar-refractivity contribution in [1.82, 2.24) is 25.4 Å². The van der Waals surface area contributed by atoms with Gasteiger partial charge < -0.3 is 10.2 Å². The largest absolute Gasteiger partial charge is 0.332 e. The lowest BCUT2D eigenvalue weighted by molar-refractivity contribution is 0.0725. The van der Waals surface area contributed by atoms with Crippen LogP contribution in [0, 0.1) is 0 Å². The van der Waals surface area contributed by atoms with Crippen LogP contribution < -0.4 is 5.32 Å². The number of aromatic nitrogens is 3. The molecule has 15 heavy (non-hydrogen) atoms. The van der Waals surface area contributed by atoms with Crippen LogP contribution in [0.4, 0.5) is 0 Å². The fraction of sp³-hybridized carbons (Fsp3) is 0.667. The first kappa shape index (κ1) is 10.1.